The molecule has 1 amide bonds. The van der Waals surface area contributed by atoms with E-state index in [2.05, 4.69) is 18.9 Å². The lowest BCUT2D eigenvalue weighted by molar-refractivity contribution is -0.146. The second-order valence-corrected chi connectivity index (χ2v) is 7.14. The Bertz CT molecular complexity index is 624. The molecule has 7 heteroatoms. The number of carbonyl (C=O) groups excluding carboxylic acids is 1. The van der Waals surface area contributed by atoms with Crippen molar-refractivity contribution in [3.8, 4) is 0 Å². The summed E-state index contributed by atoms with van der Waals surface area (Å²) in [5, 5.41) is 13.6. The van der Waals surface area contributed by atoms with Crippen LogP contribution in [0.1, 0.15) is 43.6 Å². The molecule has 25 heavy (non-hydrogen) atoms. The van der Waals surface area contributed by atoms with Crippen LogP contribution in [-0.2, 0) is 27.3 Å². The molecule has 1 aliphatic heterocycles. The summed E-state index contributed by atoms with van der Waals surface area (Å²) >= 11 is 0. The summed E-state index contributed by atoms with van der Waals surface area (Å²) in [6.45, 7) is 10.4. The van der Waals surface area contributed by atoms with Gasteiger partial charge in [-0.05, 0) is 31.7 Å². The zero-order chi connectivity index (χ0) is 18.6. The SMILES string of the molecule is Cc1nn(CC(C)C)c(C)c1CCC(=O)N1CCOCC1CC(=O)O. The Morgan fingerprint density at radius 1 is 1.36 bits per heavy atom. The van der Waals surface area contributed by atoms with Crippen LogP contribution in [0.4, 0.5) is 0 Å². The highest BCUT2D eigenvalue weighted by Crippen LogP contribution is 2.19. The second-order valence-electron chi connectivity index (χ2n) is 7.14. The van der Waals surface area contributed by atoms with Crippen molar-refractivity contribution in [2.24, 2.45) is 5.92 Å². The predicted molar refractivity (Wildman–Crippen MR) is 93.4 cm³/mol. The van der Waals surface area contributed by atoms with Gasteiger partial charge in [0.15, 0.2) is 0 Å². The number of carboxylic acid groups (broad SMARTS) is 1. The predicted octanol–water partition coefficient (Wildman–Crippen LogP) is 1.79. The van der Waals surface area contributed by atoms with E-state index in [-0.39, 0.29) is 18.4 Å². The average Bonchev–Trinajstić information content (AvgIpc) is 2.78. The Balaban J connectivity index is 2.01. The third-order valence-corrected chi connectivity index (χ3v) is 4.62. The number of aliphatic carboxylic acids is 1. The van der Waals surface area contributed by atoms with Crippen LogP contribution in [0.25, 0.3) is 0 Å². The van der Waals surface area contributed by atoms with E-state index in [9.17, 15) is 9.59 Å². The minimum Gasteiger partial charge on any atom is -0.481 e. The average molecular weight is 351 g/mol. The highest BCUT2D eigenvalue weighted by Gasteiger charge is 2.29. The number of aryl methyl sites for hydroxylation is 1. The number of ether oxygens (including phenoxy) is 1. The third kappa shape index (κ3) is 5.04. The maximum Gasteiger partial charge on any atom is 0.305 e. The summed E-state index contributed by atoms with van der Waals surface area (Å²) in [6, 6.07) is -0.371. The molecule has 0 aromatic carbocycles. The molecule has 7 nitrogen and oxygen atoms in total. The van der Waals surface area contributed by atoms with Gasteiger partial charge < -0.3 is 14.7 Å². The van der Waals surface area contributed by atoms with Gasteiger partial charge in [0.05, 0.1) is 31.4 Å². The van der Waals surface area contributed by atoms with E-state index in [4.69, 9.17) is 9.84 Å². The molecule has 2 heterocycles. The Labute approximate surface area is 148 Å². The molecule has 0 spiro atoms. The lowest BCUT2D eigenvalue weighted by atomic mass is 10.1. The van der Waals surface area contributed by atoms with Gasteiger partial charge in [0, 0.05) is 25.2 Å². The summed E-state index contributed by atoms with van der Waals surface area (Å²) in [5.41, 5.74) is 3.20. The van der Waals surface area contributed by atoms with Crippen LogP contribution in [0, 0.1) is 19.8 Å². The van der Waals surface area contributed by atoms with Gasteiger partial charge in [-0.3, -0.25) is 14.3 Å². The zero-order valence-electron chi connectivity index (χ0n) is 15.6. The first-order valence-electron chi connectivity index (χ1n) is 8.91. The van der Waals surface area contributed by atoms with Crippen molar-refractivity contribution < 1.29 is 19.4 Å². The van der Waals surface area contributed by atoms with Crippen molar-refractivity contribution >= 4 is 11.9 Å². The highest BCUT2D eigenvalue weighted by atomic mass is 16.5. The maximum atomic E-state index is 12.6. The number of hydrogen-bond acceptors (Lipinski definition) is 4. The van der Waals surface area contributed by atoms with E-state index in [1.165, 1.54) is 0 Å². The monoisotopic (exact) mass is 351 g/mol. The van der Waals surface area contributed by atoms with Gasteiger partial charge in [-0.15, -0.1) is 0 Å². The fraction of sp³-hybridized carbons (Fsp3) is 0.722. The molecule has 1 saturated heterocycles. The number of aromatic nitrogens is 2. The molecule has 140 valence electrons. The molecule has 0 aliphatic carbocycles. The number of morpholine rings is 1. The van der Waals surface area contributed by atoms with Crippen LogP contribution in [0.2, 0.25) is 0 Å². The topological polar surface area (TPSA) is 84.7 Å². The van der Waals surface area contributed by atoms with Crippen LogP contribution < -0.4 is 0 Å². The summed E-state index contributed by atoms with van der Waals surface area (Å²) in [4.78, 5) is 25.3. The molecule has 1 unspecified atom stereocenters. The number of carboxylic acids is 1. The van der Waals surface area contributed by atoms with Crippen molar-refractivity contribution in [3.63, 3.8) is 0 Å². The Kier molecular flexibility index (Phi) is 6.58. The van der Waals surface area contributed by atoms with Crippen LogP contribution in [0.3, 0.4) is 0 Å². The smallest absolute Gasteiger partial charge is 0.305 e. The fourth-order valence-electron chi connectivity index (χ4n) is 3.35. The van der Waals surface area contributed by atoms with Crippen LogP contribution >= 0.6 is 0 Å². The highest BCUT2D eigenvalue weighted by molar-refractivity contribution is 5.78. The molecule has 0 saturated carbocycles. The third-order valence-electron chi connectivity index (χ3n) is 4.62. The van der Waals surface area contributed by atoms with E-state index in [0.717, 1.165) is 23.5 Å². The van der Waals surface area contributed by atoms with Gasteiger partial charge in [-0.25, -0.2) is 0 Å². The molecule has 1 N–H and O–H groups in total. The standard InChI is InChI=1S/C18H29N3O4/c1-12(2)10-21-14(4)16(13(3)19-21)5-6-17(22)20-7-8-25-11-15(20)9-18(23)24/h12,15H,5-11H2,1-4H3,(H,23,24). The van der Waals surface area contributed by atoms with E-state index >= 15 is 0 Å². The van der Waals surface area contributed by atoms with Crippen molar-refractivity contribution in [1.82, 2.24) is 14.7 Å². The molecule has 1 aromatic rings. The van der Waals surface area contributed by atoms with Crippen molar-refractivity contribution in [2.75, 3.05) is 19.8 Å². The zero-order valence-corrected chi connectivity index (χ0v) is 15.6. The number of nitrogens with zero attached hydrogens (tertiary/aromatic N) is 3. The second kappa shape index (κ2) is 8.47. The van der Waals surface area contributed by atoms with Crippen LogP contribution in [0.15, 0.2) is 0 Å². The van der Waals surface area contributed by atoms with E-state index in [1.807, 2.05) is 18.5 Å². The Hall–Kier alpha value is -1.89. The first-order chi connectivity index (χ1) is 11.8. The summed E-state index contributed by atoms with van der Waals surface area (Å²) in [7, 11) is 0. The lowest BCUT2D eigenvalue weighted by Crippen LogP contribution is -2.49. The maximum absolute atomic E-state index is 12.6. The molecular weight excluding hydrogens is 322 g/mol. The van der Waals surface area contributed by atoms with Crippen LogP contribution in [0.5, 0.6) is 0 Å². The van der Waals surface area contributed by atoms with E-state index in [1.54, 1.807) is 4.90 Å². The quantitative estimate of drug-likeness (QED) is 0.809. The number of amides is 1. The van der Waals surface area contributed by atoms with Gasteiger partial charge in [0.2, 0.25) is 5.91 Å². The molecule has 0 bridgehead atoms. The van der Waals surface area contributed by atoms with Gasteiger partial charge >= 0.3 is 5.97 Å². The summed E-state index contributed by atoms with van der Waals surface area (Å²) in [6.07, 6.45) is 0.924. The normalized spacial score (nSPS) is 18.0. The Morgan fingerprint density at radius 3 is 2.72 bits per heavy atom. The molecular formula is C18H29N3O4. The molecule has 1 atom stereocenters. The fourth-order valence-corrected chi connectivity index (χ4v) is 3.35. The number of rotatable bonds is 7. The van der Waals surface area contributed by atoms with Crippen LogP contribution in [-0.4, -0.2) is 57.5 Å². The largest absolute Gasteiger partial charge is 0.481 e. The van der Waals surface area contributed by atoms with E-state index < -0.39 is 5.97 Å². The number of carbonyl (C=O) groups is 2. The lowest BCUT2D eigenvalue weighted by Gasteiger charge is -2.35. The van der Waals surface area contributed by atoms with Gasteiger partial charge in [0.1, 0.15) is 0 Å². The molecule has 0 radical (unpaired) electrons. The Morgan fingerprint density at radius 2 is 2.08 bits per heavy atom. The summed E-state index contributed by atoms with van der Waals surface area (Å²) < 4.78 is 7.35. The summed E-state index contributed by atoms with van der Waals surface area (Å²) in [5.74, 6) is -0.405. The van der Waals surface area contributed by atoms with Gasteiger partial charge in [-0.2, -0.15) is 5.10 Å². The first kappa shape index (κ1) is 19.4. The molecule has 1 fully saturated rings. The van der Waals surface area contributed by atoms with E-state index in [0.29, 0.717) is 38.5 Å². The van der Waals surface area contributed by atoms with Gasteiger partial charge in [-0.1, -0.05) is 13.8 Å². The van der Waals surface area contributed by atoms with Crippen molar-refractivity contribution in [3.05, 3.63) is 17.0 Å². The molecule has 1 aromatic heterocycles. The van der Waals surface area contributed by atoms with Gasteiger partial charge in [0.25, 0.3) is 0 Å². The van der Waals surface area contributed by atoms with Crippen molar-refractivity contribution in [2.45, 2.75) is 59.5 Å². The number of hydrogen-bond donors (Lipinski definition) is 1. The first-order valence-corrected chi connectivity index (χ1v) is 8.91. The van der Waals surface area contributed by atoms with Crippen molar-refractivity contribution in [1.29, 1.82) is 0 Å². The minimum absolute atomic E-state index is 0.00930. The molecule has 2 rings (SSSR count). The molecule has 1 aliphatic rings. The minimum atomic E-state index is -0.907.